The first-order valence-electron chi connectivity index (χ1n) is 15.1. The van der Waals surface area contributed by atoms with Crippen molar-refractivity contribution in [1.82, 2.24) is 19.4 Å². The number of benzene rings is 2. The van der Waals surface area contributed by atoms with Gasteiger partial charge in [-0.3, -0.25) is 9.59 Å². The molecule has 3 aliphatic rings. The van der Waals surface area contributed by atoms with E-state index < -0.39 is 0 Å². The van der Waals surface area contributed by atoms with Crippen molar-refractivity contribution in [2.75, 3.05) is 32.7 Å². The molecule has 2 saturated heterocycles. The third-order valence-corrected chi connectivity index (χ3v) is 9.72. The molecule has 0 radical (unpaired) electrons. The third kappa shape index (κ3) is 6.09. The van der Waals surface area contributed by atoms with Crippen molar-refractivity contribution in [3.63, 3.8) is 0 Å². The molecule has 7 heteroatoms. The minimum absolute atomic E-state index is 0.182. The lowest BCUT2D eigenvalue weighted by atomic mass is 9.70. The lowest BCUT2D eigenvalue weighted by Gasteiger charge is -2.44. The van der Waals surface area contributed by atoms with Crippen molar-refractivity contribution in [2.45, 2.75) is 76.2 Å². The molecule has 3 fully saturated rings. The highest BCUT2D eigenvalue weighted by molar-refractivity contribution is 5.79. The molecule has 0 spiro atoms. The summed E-state index contributed by atoms with van der Waals surface area (Å²) in [5, 5.41) is 6.89. The highest BCUT2D eigenvalue weighted by atomic mass is 16.3. The first-order chi connectivity index (χ1) is 19.5. The summed E-state index contributed by atoms with van der Waals surface area (Å²) in [5.41, 5.74) is 4.05. The number of rotatable bonds is 6. The molecule has 1 aliphatic carbocycles. The van der Waals surface area contributed by atoms with Crippen molar-refractivity contribution < 1.29 is 14.7 Å². The van der Waals surface area contributed by atoms with Crippen molar-refractivity contribution in [1.29, 1.82) is 0 Å². The Kier molecular flexibility index (Phi) is 9.20. The molecule has 3 aromatic rings. The Morgan fingerprint density at radius 3 is 2.25 bits per heavy atom. The van der Waals surface area contributed by atoms with Gasteiger partial charge >= 0.3 is 0 Å². The maximum absolute atomic E-state index is 13.1. The van der Waals surface area contributed by atoms with Gasteiger partial charge in [-0.15, -0.1) is 0 Å². The summed E-state index contributed by atoms with van der Waals surface area (Å²) in [6.45, 7) is 7.17. The minimum Gasteiger partial charge on any atom is -0.483 e. The lowest BCUT2D eigenvalue weighted by Crippen LogP contribution is -2.48. The predicted molar refractivity (Wildman–Crippen MR) is 158 cm³/mol. The largest absolute Gasteiger partial charge is 0.483 e. The van der Waals surface area contributed by atoms with Gasteiger partial charge in [-0.2, -0.15) is 0 Å². The summed E-state index contributed by atoms with van der Waals surface area (Å²) in [6, 6.07) is 20.3. The molecule has 2 aliphatic heterocycles. The van der Waals surface area contributed by atoms with Crippen LogP contribution in [0.15, 0.2) is 54.6 Å². The van der Waals surface area contributed by atoms with Crippen molar-refractivity contribution in [2.24, 2.45) is 5.92 Å². The highest BCUT2D eigenvalue weighted by Crippen LogP contribution is 2.40. The Hall–Kier alpha value is -3.19. The third-order valence-electron chi connectivity index (χ3n) is 9.72. The number of fused-ring (bicyclic) bond motifs is 1. The van der Waals surface area contributed by atoms with Gasteiger partial charge in [-0.25, -0.2) is 4.98 Å². The van der Waals surface area contributed by atoms with Gasteiger partial charge in [0.05, 0.1) is 11.0 Å². The maximum atomic E-state index is 13.1. The van der Waals surface area contributed by atoms with Crippen LogP contribution < -0.4 is 0 Å². The SMILES string of the molecule is Cc1nc2ccccc2n1C1CCN(CCC2(c3ccccc3)CCN(C(=O)C3CCCC3)CC2)CC1.O=CO. The second kappa shape index (κ2) is 13.0. The zero-order chi connectivity index (χ0) is 28.0. The monoisotopic (exact) mass is 544 g/mol. The van der Waals surface area contributed by atoms with E-state index in [1.54, 1.807) is 0 Å². The van der Waals surface area contributed by atoms with E-state index in [1.807, 2.05) is 0 Å². The normalized spacial score (nSPS) is 20.3. The Bertz CT molecular complexity index is 1250. The molecule has 7 nitrogen and oxygen atoms in total. The topological polar surface area (TPSA) is 78.7 Å². The first kappa shape index (κ1) is 28.3. The second-order valence-electron chi connectivity index (χ2n) is 11.9. The number of aromatic nitrogens is 2. The van der Waals surface area contributed by atoms with Gasteiger partial charge in [0.1, 0.15) is 5.82 Å². The number of imidazole rings is 1. The average Bonchev–Trinajstić information content (AvgIpc) is 3.65. The lowest BCUT2D eigenvalue weighted by molar-refractivity contribution is -0.137. The van der Waals surface area contributed by atoms with E-state index in [-0.39, 0.29) is 11.9 Å². The minimum atomic E-state index is -0.250. The van der Waals surface area contributed by atoms with Crippen LogP contribution in [-0.4, -0.2) is 69.6 Å². The molecule has 214 valence electrons. The maximum Gasteiger partial charge on any atom is 0.290 e. The summed E-state index contributed by atoms with van der Waals surface area (Å²) in [4.78, 5) is 31.2. The Morgan fingerprint density at radius 2 is 1.57 bits per heavy atom. The fourth-order valence-electron chi connectivity index (χ4n) is 7.46. The van der Waals surface area contributed by atoms with E-state index >= 15 is 0 Å². The fourth-order valence-corrected chi connectivity index (χ4v) is 7.46. The first-order valence-corrected chi connectivity index (χ1v) is 15.1. The number of hydrogen-bond acceptors (Lipinski definition) is 4. The van der Waals surface area contributed by atoms with Crippen LogP contribution in [0.25, 0.3) is 11.0 Å². The Morgan fingerprint density at radius 1 is 0.950 bits per heavy atom. The highest BCUT2D eigenvalue weighted by Gasteiger charge is 2.39. The molecule has 1 saturated carbocycles. The van der Waals surface area contributed by atoms with Crippen LogP contribution in [0.2, 0.25) is 0 Å². The number of aryl methyl sites for hydroxylation is 1. The van der Waals surface area contributed by atoms with Crippen LogP contribution in [0.3, 0.4) is 0 Å². The van der Waals surface area contributed by atoms with Crippen molar-refractivity contribution in [3.05, 3.63) is 66.0 Å². The quantitative estimate of drug-likeness (QED) is 0.396. The smallest absolute Gasteiger partial charge is 0.290 e. The van der Waals surface area contributed by atoms with Gasteiger partial charge in [0.2, 0.25) is 5.91 Å². The van der Waals surface area contributed by atoms with E-state index in [0.717, 1.165) is 69.7 Å². The molecule has 3 heterocycles. The summed E-state index contributed by atoms with van der Waals surface area (Å²) in [5.74, 6) is 1.87. The molecular formula is C33H44N4O3. The molecule has 1 aromatic heterocycles. The number of para-hydroxylation sites is 2. The summed E-state index contributed by atoms with van der Waals surface area (Å²) in [6.07, 6.45) is 10.4. The van der Waals surface area contributed by atoms with Crippen LogP contribution in [0.4, 0.5) is 0 Å². The van der Waals surface area contributed by atoms with E-state index in [2.05, 4.69) is 75.9 Å². The summed E-state index contributed by atoms with van der Waals surface area (Å²) < 4.78 is 2.48. The van der Waals surface area contributed by atoms with Crippen molar-refractivity contribution >= 4 is 23.4 Å². The van der Waals surface area contributed by atoms with Gasteiger partial charge in [-0.1, -0.05) is 55.3 Å². The molecule has 0 bridgehead atoms. The zero-order valence-corrected chi connectivity index (χ0v) is 23.9. The molecule has 1 amide bonds. The number of piperidine rings is 2. The molecule has 0 unspecified atom stereocenters. The van der Waals surface area contributed by atoms with Crippen LogP contribution in [-0.2, 0) is 15.0 Å². The van der Waals surface area contributed by atoms with E-state index in [0.29, 0.717) is 17.9 Å². The standard InChI is InChI=1S/C32H42N4O.CH2O2/c1-25-33-29-13-7-8-14-30(29)36(25)28-15-20-34(21-16-28)22-17-32(27-11-3-2-4-12-27)18-23-35(24-19-32)31(37)26-9-5-6-10-26;2-1-3/h2-4,7-8,11-14,26,28H,5-6,9-10,15-24H2,1H3;1H,(H,2,3). The van der Waals surface area contributed by atoms with Crippen molar-refractivity contribution in [3.8, 4) is 0 Å². The van der Waals surface area contributed by atoms with Crippen LogP contribution in [0.5, 0.6) is 0 Å². The van der Waals surface area contributed by atoms with Gasteiger partial charge in [0.25, 0.3) is 6.47 Å². The second-order valence-corrected chi connectivity index (χ2v) is 11.9. The van der Waals surface area contributed by atoms with Gasteiger partial charge in [0.15, 0.2) is 0 Å². The average molecular weight is 545 g/mol. The Labute approximate surface area is 238 Å². The Balaban J connectivity index is 0.00000103. The van der Waals surface area contributed by atoms with Crippen LogP contribution >= 0.6 is 0 Å². The molecule has 40 heavy (non-hydrogen) atoms. The van der Waals surface area contributed by atoms with Crippen LogP contribution in [0, 0.1) is 12.8 Å². The molecular weight excluding hydrogens is 500 g/mol. The van der Waals surface area contributed by atoms with E-state index in [9.17, 15) is 4.79 Å². The molecule has 6 rings (SSSR count). The number of hydrogen-bond donors (Lipinski definition) is 1. The number of carboxylic acid groups (broad SMARTS) is 1. The fraction of sp³-hybridized carbons (Fsp3) is 0.545. The molecule has 0 atom stereocenters. The number of likely N-dealkylation sites (tertiary alicyclic amines) is 2. The number of carbonyl (C=O) groups is 2. The summed E-state index contributed by atoms with van der Waals surface area (Å²) in [7, 11) is 0. The van der Waals surface area contributed by atoms with E-state index in [1.165, 1.54) is 43.2 Å². The molecule has 2 aromatic carbocycles. The van der Waals surface area contributed by atoms with Crippen LogP contribution in [0.1, 0.15) is 75.2 Å². The molecule has 1 N–H and O–H groups in total. The van der Waals surface area contributed by atoms with E-state index in [4.69, 9.17) is 14.9 Å². The summed E-state index contributed by atoms with van der Waals surface area (Å²) >= 11 is 0. The van der Waals surface area contributed by atoms with Gasteiger partial charge in [0, 0.05) is 38.1 Å². The number of amides is 1. The predicted octanol–water partition coefficient (Wildman–Crippen LogP) is 5.82. The van der Waals surface area contributed by atoms with Gasteiger partial charge in [-0.05, 0) is 81.5 Å². The zero-order valence-electron chi connectivity index (χ0n) is 23.9. The number of nitrogens with zero attached hydrogens (tertiary/aromatic N) is 4. The number of carbonyl (C=O) groups excluding carboxylic acids is 1. The van der Waals surface area contributed by atoms with Gasteiger partial charge < -0.3 is 19.5 Å².